The lowest BCUT2D eigenvalue weighted by atomic mass is 9.95. The number of hydrogen-bond acceptors (Lipinski definition) is 4. The van der Waals surface area contributed by atoms with Gasteiger partial charge in [0.15, 0.2) is 0 Å². The number of pyridine rings is 1. The van der Waals surface area contributed by atoms with Gasteiger partial charge in [0.1, 0.15) is 11.9 Å². The van der Waals surface area contributed by atoms with Crippen LogP contribution in [0.1, 0.15) is 22.9 Å². The molecule has 0 spiro atoms. The molecular formula is C22H20FN3O3. The second kappa shape index (κ2) is 6.70. The number of H-pyrrole nitrogens is 1. The number of aromatic amines is 1. The summed E-state index contributed by atoms with van der Waals surface area (Å²) in [5.74, 6) is -0.520. The van der Waals surface area contributed by atoms with Crippen molar-refractivity contribution in [2.24, 2.45) is 0 Å². The summed E-state index contributed by atoms with van der Waals surface area (Å²) in [6, 6.07) is 11.3. The summed E-state index contributed by atoms with van der Waals surface area (Å²) in [7, 11) is 1.75. The third-order valence-corrected chi connectivity index (χ3v) is 5.85. The maximum atomic E-state index is 13.7. The van der Waals surface area contributed by atoms with Crippen molar-refractivity contribution in [1.82, 2.24) is 9.88 Å². The van der Waals surface area contributed by atoms with Crippen LogP contribution in [0.15, 0.2) is 47.3 Å². The van der Waals surface area contributed by atoms with Crippen LogP contribution in [0.5, 0.6) is 0 Å². The Morgan fingerprint density at radius 2 is 2.03 bits per heavy atom. The van der Waals surface area contributed by atoms with Gasteiger partial charge in [-0.05, 0) is 29.1 Å². The molecular weight excluding hydrogens is 373 g/mol. The van der Waals surface area contributed by atoms with E-state index < -0.39 is 5.82 Å². The fraction of sp³-hybridized carbons (Fsp3) is 0.273. The average molecular weight is 393 g/mol. The van der Waals surface area contributed by atoms with Crippen molar-refractivity contribution in [3.8, 4) is 0 Å². The number of nitrogens with one attached hydrogen (secondary N) is 2. The number of anilines is 1. The van der Waals surface area contributed by atoms with Gasteiger partial charge in [-0.2, -0.15) is 0 Å². The number of para-hydroxylation sites is 1. The Balaban J connectivity index is 1.52. The number of ether oxygens (including phenoxy) is 1. The van der Waals surface area contributed by atoms with Gasteiger partial charge in [0.25, 0.3) is 5.56 Å². The molecule has 2 atom stereocenters. The van der Waals surface area contributed by atoms with E-state index in [1.54, 1.807) is 18.0 Å². The minimum atomic E-state index is -0.469. The van der Waals surface area contributed by atoms with E-state index in [1.165, 1.54) is 12.1 Å². The summed E-state index contributed by atoms with van der Waals surface area (Å²) >= 11 is 0. The molecule has 2 N–H and O–H groups in total. The minimum absolute atomic E-state index is 0.0517. The predicted octanol–water partition coefficient (Wildman–Crippen LogP) is 2.73. The lowest BCUT2D eigenvalue weighted by Gasteiger charge is -2.35. The number of fused-ring (bicyclic) bond motifs is 4. The van der Waals surface area contributed by atoms with E-state index in [0.717, 1.165) is 16.8 Å². The van der Waals surface area contributed by atoms with E-state index in [4.69, 9.17) is 4.74 Å². The number of amides is 1. The number of likely N-dealkylation sites (N-methyl/N-ethyl adjacent to an activating group) is 1. The molecule has 0 saturated heterocycles. The molecule has 0 fully saturated rings. The van der Waals surface area contributed by atoms with Gasteiger partial charge in [0.2, 0.25) is 5.91 Å². The Hall–Kier alpha value is -3.19. The van der Waals surface area contributed by atoms with Crippen molar-refractivity contribution in [3.63, 3.8) is 0 Å². The van der Waals surface area contributed by atoms with Gasteiger partial charge in [-0.15, -0.1) is 0 Å². The Morgan fingerprint density at radius 3 is 2.86 bits per heavy atom. The number of benzene rings is 2. The lowest BCUT2D eigenvalue weighted by molar-refractivity contribution is -0.134. The van der Waals surface area contributed by atoms with Crippen molar-refractivity contribution in [2.45, 2.75) is 25.1 Å². The number of carbonyl (C=O) groups excluding carboxylic acids is 1. The fourth-order valence-electron chi connectivity index (χ4n) is 4.38. The largest absolute Gasteiger partial charge is 0.373 e. The second-order valence-corrected chi connectivity index (χ2v) is 7.57. The molecule has 2 aromatic carbocycles. The molecule has 0 bridgehead atoms. The SMILES string of the molecule is CN(C(=O)[C@@H]1Cc2ccccc2N1)C1COCc2[nH]c(=O)c3cc(F)ccc3c21. The molecule has 1 unspecified atom stereocenters. The monoisotopic (exact) mass is 393 g/mol. The Morgan fingerprint density at radius 1 is 1.21 bits per heavy atom. The van der Waals surface area contributed by atoms with Crippen LogP contribution >= 0.6 is 0 Å². The van der Waals surface area contributed by atoms with Crippen LogP contribution in [-0.4, -0.2) is 35.5 Å². The molecule has 3 heterocycles. The molecule has 148 valence electrons. The van der Waals surface area contributed by atoms with Crippen molar-refractivity contribution in [3.05, 3.63) is 75.5 Å². The van der Waals surface area contributed by atoms with Crippen molar-refractivity contribution >= 4 is 22.4 Å². The normalized spacial score (nSPS) is 20.1. The number of rotatable bonds is 2. The van der Waals surface area contributed by atoms with E-state index in [0.29, 0.717) is 24.1 Å². The first-order chi connectivity index (χ1) is 14.0. The second-order valence-electron chi connectivity index (χ2n) is 7.57. The van der Waals surface area contributed by atoms with Crippen LogP contribution in [0.25, 0.3) is 10.8 Å². The van der Waals surface area contributed by atoms with Gasteiger partial charge < -0.3 is 19.9 Å². The maximum absolute atomic E-state index is 13.7. The topological polar surface area (TPSA) is 74.4 Å². The molecule has 5 rings (SSSR count). The van der Waals surface area contributed by atoms with Gasteiger partial charge in [0.05, 0.1) is 24.6 Å². The summed E-state index contributed by atoms with van der Waals surface area (Å²) in [4.78, 5) is 30.1. The number of halogens is 1. The molecule has 0 aliphatic carbocycles. The maximum Gasteiger partial charge on any atom is 0.256 e. The number of aromatic nitrogens is 1. The highest BCUT2D eigenvalue weighted by Gasteiger charge is 2.35. The average Bonchev–Trinajstić information content (AvgIpc) is 3.16. The highest BCUT2D eigenvalue weighted by molar-refractivity contribution is 5.90. The molecule has 7 heteroatoms. The molecule has 0 saturated carbocycles. The molecule has 0 radical (unpaired) electrons. The summed E-state index contributed by atoms with van der Waals surface area (Å²) < 4.78 is 19.4. The Labute approximate surface area is 166 Å². The molecule has 1 aromatic heterocycles. The molecule has 2 aliphatic heterocycles. The van der Waals surface area contributed by atoms with E-state index in [1.807, 2.05) is 24.3 Å². The first kappa shape index (κ1) is 17.9. The van der Waals surface area contributed by atoms with Gasteiger partial charge in [-0.25, -0.2) is 4.39 Å². The highest BCUT2D eigenvalue weighted by Crippen LogP contribution is 2.34. The van der Waals surface area contributed by atoms with Gasteiger partial charge in [0, 0.05) is 30.4 Å². The van der Waals surface area contributed by atoms with Crippen LogP contribution in [0.2, 0.25) is 0 Å². The van der Waals surface area contributed by atoms with Crippen LogP contribution in [0.4, 0.5) is 10.1 Å². The minimum Gasteiger partial charge on any atom is -0.373 e. The van der Waals surface area contributed by atoms with Crippen molar-refractivity contribution < 1.29 is 13.9 Å². The smallest absolute Gasteiger partial charge is 0.256 e. The first-order valence-corrected chi connectivity index (χ1v) is 9.56. The van der Waals surface area contributed by atoms with Crippen LogP contribution < -0.4 is 10.9 Å². The zero-order valence-corrected chi connectivity index (χ0v) is 15.9. The fourth-order valence-corrected chi connectivity index (χ4v) is 4.38. The number of nitrogens with zero attached hydrogens (tertiary/aromatic N) is 1. The molecule has 29 heavy (non-hydrogen) atoms. The summed E-state index contributed by atoms with van der Waals surface area (Å²) in [6.07, 6.45) is 0.622. The summed E-state index contributed by atoms with van der Waals surface area (Å²) in [6.45, 7) is 0.566. The van der Waals surface area contributed by atoms with Gasteiger partial charge in [-0.3, -0.25) is 9.59 Å². The van der Waals surface area contributed by atoms with Crippen LogP contribution in [0.3, 0.4) is 0 Å². The van der Waals surface area contributed by atoms with Gasteiger partial charge in [-0.1, -0.05) is 24.3 Å². The van der Waals surface area contributed by atoms with Crippen LogP contribution in [0, 0.1) is 5.82 Å². The third-order valence-electron chi connectivity index (χ3n) is 5.85. The van der Waals surface area contributed by atoms with E-state index in [9.17, 15) is 14.0 Å². The van der Waals surface area contributed by atoms with E-state index in [2.05, 4.69) is 10.3 Å². The molecule has 6 nitrogen and oxygen atoms in total. The molecule has 2 aliphatic rings. The zero-order chi connectivity index (χ0) is 20.1. The highest BCUT2D eigenvalue weighted by atomic mass is 19.1. The predicted molar refractivity (Wildman–Crippen MR) is 107 cm³/mol. The lowest BCUT2D eigenvalue weighted by Crippen LogP contribution is -2.44. The Kier molecular flexibility index (Phi) is 4.13. The summed E-state index contributed by atoms with van der Waals surface area (Å²) in [5.41, 5.74) is 3.18. The van der Waals surface area contributed by atoms with E-state index in [-0.39, 0.29) is 35.5 Å². The van der Waals surface area contributed by atoms with Crippen molar-refractivity contribution in [2.75, 3.05) is 19.0 Å². The summed E-state index contributed by atoms with van der Waals surface area (Å²) in [5, 5.41) is 4.23. The van der Waals surface area contributed by atoms with Crippen molar-refractivity contribution in [1.29, 1.82) is 0 Å². The number of hydrogen-bond donors (Lipinski definition) is 2. The standard InChI is InChI=1S/C22H20FN3O3/c1-26(22(28)17-8-12-4-2-3-5-16(12)24-17)19-11-29-10-18-20(19)14-7-6-13(23)9-15(14)21(27)25-18/h2-7,9,17,19,24H,8,10-11H2,1H3,(H,25,27)/t17-,19?/m0/s1. The van der Waals surface area contributed by atoms with E-state index >= 15 is 0 Å². The number of carbonyl (C=O) groups is 1. The van der Waals surface area contributed by atoms with Gasteiger partial charge >= 0.3 is 0 Å². The first-order valence-electron chi connectivity index (χ1n) is 9.56. The Bertz CT molecular complexity index is 1160. The molecule has 1 amide bonds. The quantitative estimate of drug-likeness (QED) is 0.702. The van der Waals surface area contributed by atoms with Crippen LogP contribution in [-0.2, 0) is 22.6 Å². The third kappa shape index (κ3) is 2.89. The molecule has 3 aromatic rings. The zero-order valence-electron chi connectivity index (χ0n) is 15.9.